The first-order valence-electron chi connectivity index (χ1n) is 9.24. The van der Waals surface area contributed by atoms with E-state index in [9.17, 15) is 4.79 Å². The Morgan fingerprint density at radius 2 is 1.69 bits per heavy atom. The Bertz CT molecular complexity index is 754. The summed E-state index contributed by atoms with van der Waals surface area (Å²) in [5, 5.41) is 3.11. The molecule has 1 aromatic heterocycles. The van der Waals surface area contributed by atoms with Gasteiger partial charge in [-0.25, -0.2) is 0 Å². The van der Waals surface area contributed by atoms with E-state index in [0.29, 0.717) is 18.8 Å². The van der Waals surface area contributed by atoms with Crippen molar-refractivity contribution in [2.75, 3.05) is 54.5 Å². The lowest BCUT2D eigenvalue weighted by Gasteiger charge is -2.31. The van der Waals surface area contributed by atoms with Crippen molar-refractivity contribution in [1.29, 1.82) is 0 Å². The van der Waals surface area contributed by atoms with Gasteiger partial charge in [-0.2, -0.15) is 0 Å². The van der Waals surface area contributed by atoms with Gasteiger partial charge >= 0.3 is 0 Å². The van der Waals surface area contributed by atoms with Crippen LogP contribution in [-0.2, 0) is 4.74 Å². The summed E-state index contributed by atoms with van der Waals surface area (Å²) in [7, 11) is 0. The number of hydrogen-bond acceptors (Lipinski definition) is 5. The molecule has 136 valence electrons. The minimum absolute atomic E-state index is 0.111. The summed E-state index contributed by atoms with van der Waals surface area (Å²) < 4.78 is 5.47. The fourth-order valence-electron chi connectivity index (χ4n) is 3.57. The highest BCUT2D eigenvalue weighted by atomic mass is 16.5. The minimum Gasteiger partial charge on any atom is -0.378 e. The first-order valence-corrected chi connectivity index (χ1v) is 9.24. The summed E-state index contributed by atoms with van der Waals surface area (Å²) in [6, 6.07) is 9.86. The van der Waals surface area contributed by atoms with Gasteiger partial charge in [0.05, 0.1) is 24.6 Å². The second-order valence-corrected chi connectivity index (χ2v) is 6.69. The fourth-order valence-corrected chi connectivity index (χ4v) is 3.57. The van der Waals surface area contributed by atoms with Crippen LogP contribution in [0.15, 0.2) is 42.7 Å². The number of rotatable bonds is 4. The fraction of sp³-hybridized carbons (Fsp3) is 0.400. The Morgan fingerprint density at radius 3 is 2.42 bits per heavy atom. The number of benzene rings is 1. The summed E-state index contributed by atoms with van der Waals surface area (Å²) in [6.07, 6.45) is 5.73. The highest BCUT2D eigenvalue weighted by Gasteiger charge is 2.19. The van der Waals surface area contributed by atoms with Gasteiger partial charge in [-0.3, -0.25) is 9.78 Å². The predicted molar refractivity (Wildman–Crippen MR) is 103 cm³/mol. The maximum Gasteiger partial charge on any atom is 0.255 e. The number of carbonyl (C=O) groups is 1. The molecule has 0 atom stereocenters. The van der Waals surface area contributed by atoms with Gasteiger partial charge in [0.1, 0.15) is 0 Å². The quantitative estimate of drug-likeness (QED) is 0.917. The smallest absolute Gasteiger partial charge is 0.255 e. The van der Waals surface area contributed by atoms with Crippen LogP contribution in [0.4, 0.5) is 17.1 Å². The van der Waals surface area contributed by atoms with Crippen LogP contribution in [-0.4, -0.2) is 50.3 Å². The number of nitrogens with one attached hydrogen (secondary N) is 1. The Kier molecular flexibility index (Phi) is 5.02. The van der Waals surface area contributed by atoms with Crippen molar-refractivity contribution in [2.24, 2.45) is 0 Å². The monoisotopic (exact) mass is 352 g/mol. The third-order valence-corrected chi connectivity index (χ3v) is 4.99. The van der Waals surface area contributed by atoms with Gasteiger partial charge in [0.25, 0.3) is 5.91 Å². The van der Waals surface area contributed by atoms with Crippen LogP contribution in [0.1, 0.15) is 23.2 Å². The van der Waals surface area contributed by atoms with Gasteiger partial charge in [-0.15, -0.1) is 0 Å². The molecule has 2 fully saturated rings. The average Bonchev–Trinajstić information content (AvgIpc) is 3.24. The number of aromatic nitrogens is 1. The third-order valence-electron chi connectivity index (χ3n) is 4.99. The predicted octanol–water partition coefficient (Wildman–Crippen LogP) is 2.77. The molecule has 2 aliphatic heterocycles. The first kappa shape index (κ1) is 16.8. The number of anilines is 3. The molecule has 2 aliphatic rings. The third kappa shape index (κ3) is 3.65. The van der Waals surface area contributed by atoms with E-state index in [1.54, 1.807) is 24.5 Å². The van der Waals surface area contributed by atoms with E-state index >= 15 is 0 Å². The molecule has 1 N–H and O–H groups in total. The average molecular weight is 352 g/mol. The Labute approximate surface area is 153 Å². The maximum absolute atomic E-state index is 12.7. The lowest BCUT2D eigenvalue weighted by Crippen LogP contribution is -2.36. The van der Waals surface area contributed by atoms with Gasteiger partial charge < -0.3 is 19.9 Å². The van der Waals surface area contributed by atoms with Crippen LogP contribution in [0.3, 0.4) is 0 Å². The van der Waals surface area contributed by atoms with E-state index < -0.39 is 0 Å². The van der Waals surface area contributed by atoms with E-state index in [1.165, 1.54) is 18.5 Å². The summed E-state index contributed by atoms with van der Waals surface area (Å²) in [5.74, 6) is -0.111. The molecule has 0 spiro atoms. The second-order valence-electron chi connectivity index (χ2n) is 6.69. The van der Waals surface area contributed by atoms with Crippen molar-refractivity contribution in [3.8, 4) is 0 Å². The van der Waals surface area contributed by atoms with E-state index in [-0.39, 0.29) is 5.91 Å². The molecular weight excluding hydrogens is 328 g/mol. The van der Waals surface area contributed by atoms with Crippen LogP contribution >= 0.6 is 0 Å². The molecular formula is C20H24N4O2. The number of hydrogen-bond donors (Lipinski definition) is 1. The van der Waals surface area contributed by atoms with E-state index in [4.69, 9.17) is 4.74 Å². The van der Waals surface area contributed by atoms with Gasteiger partial charge in [0.2, 0.25) is 0 Å². The zero-order chi connectivity index (χ0) is 17.8. The summed E-state index contributed by atoms with van der Waals surface area (Å²) >= 11 is 0. The first-order chi connectivity index (χ1) is 12.8. The minimum atomic E-state index is -0.111. The second kappa shape index (κ2) is 7.74. The lowest BCUT2D eigenvalue weighted by atomic mass is 10.1. The molecule has 3 heterocycles. The number of carbonyl (C=O) groups excluding carboxylic acids is 1. The van der Waals surface area contributed by atoms with Crippen LogP contribution < -0.4 is 15.1 Å². The van der Waals surface area contributed by atoms with E-state index in [1.807, 2.05) is 0 Å². The van der Waals surface area contributed by atoms with Gasteiger partial charge in [-0.1, -0.05) is 0 Å². The van der Waals surface area contributed by atoms with E-state index in [2.05, 4.69) is 38.3 Å². The molecule has 0 aliphatic carbocycles. The number of morpholine rings is 1. The van der Waals surface area contributed by atoms with Crippen molar-refractivity contribution >= 4 is 23.0 Å². The van der Waals surface area contributed by atoms with Gasteiger partial charge in [-0.05, 0) is 43.2 Å². The Morgan fingerprint density at radius 1 is 0.962 bits per heavy atom. The van der Waals surface area contributed by atoms with Gasteiger partial charge in [0.15, 0.2) is 0 Å². The largest absolute Gasteiger partial charge is 0.378 e. The summed E-state index contributed by atoms with van der Waals surface area (Å²) in [4.78, 5) is 21.3. The molecule has 6 heteroatoms. The molecule has 1 aromatic carbocycles. The van der Waals surface area contributed by atoms with Crippen molar-refractivity contribution in [2.45, 2.75) is 12.8 Å². The molecule has 0 unspecified atom stereocenters. The van der Waals surface area contributed by atoms with E-state index in [0.717, 1.165) is 37.6 Å². The van der Waals surface area contributed by atoms with Crippen molar-refractivity contribution in [3.05, 3.63) is 48.3 Å². The molecule has 0 radical (unpaired) electrons. The maximum atomic E-state index is 12.7. The van der Waals surface area contributed by atoms with Crippen LogP contribution in [0.2, 0.25) is 0 Å². The normalized spacial score (nSPS) is 17.4. The number of amides is 1. The molecule has 2 aromatic rings. The standard InChI is InChI=1S/C20H24N4O2/c25-20(16-5-7-21-8-6-16)22-18-15-17(23-9-1-2-10-23)3-4-19(18)24-11-13-26-14-12-24/h3-8,15H,1-2,9-14H2,(H,22,25). The zero-order valence-electron chi connectivity index (χ0n) is 14.9. The summed E-state index contributed by atoms with van der Waals surface area (Å²) in [6.45, 7) is 5.25. The Balaban J connectivity index is 1.63. The van der Waals surface area contributed by atoms with Crippen LogP contribution in [0, 0.1) is 0 Å². The number of nitrogens with zero attached hydrogens (tertiary/aromatic N) is 3. The topological polar surface area (TPSA) is 57.7 Å². The van der Waals surface area contributed by atoms with Crippen LogP contribution in [0.5, 0.6) is 0 Å². The molecule has 6 nitrogen and oxygen atoms in total. The molecule has 1 amide bonds. The highest BCUT2D eigenvalue weighted by molar-refractivity contribution is 6.06. The Hall–Kier alpha value is -2.60. The molecule has 2 saturated heterocycles. The molecule has 0 saturated carbocycles. The molecule has 0 bridgehead atoms. The lowest BCUT2D eigenvalue weighted by molar-refractivity contribution is 0.102. The van der Waals surface area contributed by atoms with Gasteiger partial charge in [0, 0.05) is 49.8 Å². The zero-order valence-corrected chi connectivity index (χ0v) is 14.9. The van der Waals surface area contributed by atoms with Crippen molar-refractivity contribution in [3.63, 3.8) is 0 Å². The highest BCUT2D eigenvalue weighted by Crippen LogP contribution is 2.33. The number of pyridine rings is 1. The van der Waals surface area contributed by atoms with Crippen molar-refractivity contribution in [1.82, 2.24) is 4.98 Å². The number of ether oxygens (including phenoxy) is 1. The summed E-state index contributed by atoms with van der Waals surface area (Å²) in [5.41, 5.74) is 3.70. The molecule has 26 heavy (non-hydrogen) atoms. The SMILES string of the molecule is O=C(Nc1cc(N2CCCC2)ccc1N1CCOCC1)c1ccncc1. The molecule has 4 rings (SSSR count). The van der Waals surface area contributed by atoms with Crippen LogP contribution in [0.25, 0.3) is 0 Å². The van der Waals surface area contributed by atoms with Crippen molar-refractivity contribution < 1.29 is 9.53 Å².